The van der Waals surface area contributed by atoms with E-state index in [2.05, 4.69) is 6.58 Å². The molecule has 1 atom stereocenters. The Labute approximate surface area is 122 Å². The molecule has 4 nitrogen and oxygen atoms in total. The molecule has 1 saturated heterocycles. The van der Waals surface area contributed by atoms with E-state index in [1.54, 1.807) is 11.8 Å². The maximum atomic E-state index is 12.2. The Kier molecular flexibility index (Phi) is 5.24. The fraction of sp³-hybridized carbons (Fsp3) is 0.333. The van der Waals surface area contributed by atoms with Crippen LogP contribution in [0.4, 0.5) is 4.79 Å². The molecular weight excluding hydrogens is 274 g/mol. The fourth-order valence-electron chi connectivity index (χ4n) is 2.01. The first-order valence-corrected chi connectivity index (χ1v) is 7.52. The fourth-order valence-corrected chi connectivity index (χ4v) is 2.99. The molecule has 2 rings (SSSR count). The number of thioether (sulfide) groups is 1. The highest BCUT2D eigenvalue weighted by molar-refractivity contribution is 7.99. The molecule has 1 aliphatic heterocycles. The van der Waals surface area contributed by atoms with Gasteiger partial charge >= 0.3 is 6.09 Å². The van der Waals surface area contributed by atoms with E-state index in [0.29, 0.717) is 13.2 Å². The normalized spacial score (nSPS) is 15.8. The molecule has 1 fully saturated rings. The van der Waals surface area contributed by atoms with Crippen molar-refractivity contribution in [3.8, 4) is 0 Å². The lowest BCUT2D eigenvalue weighted by Gasteiger charge is -2.18. The van der Waals surface area contributed by atoms with E-state index in [4.69, 9.17) is 4.74 Å². The molecule has 0 bridgehead atoms. The Morgan fingerprint density at radius 1 is 1.45 bits per heavy atom. The second-order valence-electron chi connectivity index (χ2n) is 4.39. The van der Waals surface area contributed by atoms with Crippen molar-refractivity contribution in [2.45, 2.75) is 11.7 Å². The van der Waals surface area contributed by atoms with Crippen molar-refractivity contribution in [2.24, 2.45) is 0 Å². The Hall–Kier alpha value is -1.75. The molecule has 1 heterocycles. The number of rotatable bonds is 6. The average molecular weight is 291 g/mol. The minimum absolute atomic E-state index is 0.0232. The molecule has 0 radical (unpaired) electrons. The molecule has 0 unspecified atom stereocenters. The summed E-state index contributed by atoms with van der Waals surface area (Å²) in [4.78, 5) is 24.8. The van der Waals surface area contributed by atoms with Crippen LogP contribution in [-0.2, 0) is 9.53 Å². The highest BCUT2D eigenvalue weighted by Crippen LogP contribution is 2.32. The Morgan fingerprint density at radius 3 is 2.80 bits per heavy atom. The lowest BCUT2D eigenvalue weighted by Crippen LogP contribution is -2.32. The zero-order valence-corrected chi connectivity index (χ0v) is 12.0. The number of carbonyl (C=O) groups excluding carboxylic acids is 2. The van der Waals surface area contributed by atoms with Gasteiger partial charge in [-0.05, 0) is 5.56 Å². The van der Waals surface area contributed by atoms with Gasteiger partial charge in [0.25, 0.3) is 0 Å². The number of amides is 2. The van der Waals surface area contributed by atoms with Crippen LogP contribution in [0.15, 0.2) is 43.0 Å². The molecule has 0 saturated carbocycles. The summed E-state index contributed by atoms with van der Waals surface area (Å²) < 4.78 is 4.80. The Bertz CT molecular complexity index is 489. The van der Waals surface area contributed by atoms with Crippen molar-refractivity contribution in [1.29, 1.82) is 0 Å². The standard InChI is InChI=1S/C15H17NO3S/c1-2-10-20-13(12-6-4-3-5-7-12)11-14(17)16-8-9-19-15(16)18/h2-7,13H,1,8-11H2/t13-/m1/s1. The zero-order valence-electron chi connectivity index (χ0n) is 11.2. The van der Waals surface area contributed by atoms with E-state index in [9.17, 15) is 9.59 Å². The van der Waals surface area contributed by atoms with Crippen LogP contribution >= 0.6 is 11.8 Å². The van der Waals surface area contributed by atoms with Gasteiger partial charge in [0, 0.05) is 17.4 Å². The highest BCUT2D eigenvalue weighted by Gasteiger charge is 2.30. The predicted octanol–water partition coefficient (Wildman–Crippen LogP) is 3.02. The van der Waals surface area contributed by atoms with Crippen LogP contribution in [0.1, 0.15) is 17.2 Å². The number of hydrogen-bond donors (Lipinski definition) is 0. The van der Waals surface area contributed by atoms with Gasteiger partial charge < -0.3 is 4.74 Å². The summed E-state index contributed by atoms with van der Waals surface area (Å²) in [5.41, 5.74) is 1.08. The number of hydrogen-bond acceptors (Lipinski definition) is 4. The van der Waals surface area contributed by atoms with Gasteiger partial charge in [0.1, 0.15) is 6.61 Å². The minimum Gasteiger partial charge on any atom is -0.447 e. The first kappa shape index (κ1) is 14.7. The minimum atomic E-state index is -0.532. The van der Waals surface area contributed by atoms with Crippen LogP contribution in [-0.4, -0.2) is 35.8 Å². The Morgan fingerprint density at radius 2 is 2.20 bits per heavy atom. The maximum absolute atomic E-state index is 12.2. The van der Waals surface area contributed by atoms with Crippen molar-refractivity contribution >= 4 is 23.8 Å². The predicted molar refractivity (Wildman–Crippen MR) is 79.5 cm³/mol. The van der Waals surface area contributed by atoms with Gasteiger partial charge in [-0.3, -0.25) is 4.79 Å². The van der Waals surface area contributed by atoms with Gasteiger partial charge in [0.05, 0.1) is 6.54 Å². The molecule has 0 spiro atoms. The van der Waals surface area contributed by atoms with Crippen LogP contribution in [0.2, 0.25) is 0 Å². The number of carbonyl (C=O) groups is 2. The van der Waals surface area contributed by atoms with E-state index in [1.807, 2.05) is 36.4 Å². The zero-order chi connectivity index (χ0) is 14.4. The van der Waals surface area contributed by atoms with Crippen molar-refractivity contribution in [2.75, 3.05) is 18.9 Å². The number of ether oxygens (including phenoxy) is 1. The van der Waals surface area contributed by atoms with Gasteiger partial charge in [0.15, 0.2) is 0 Å². The Balaban J connectivity index is 2.05. The van der Waals surface area contributed by atoms with E-state index in [-0.39, 0.29) is 17.6 Å². The molecule has 20 heavy (non-hydrogen) atoms. The molecule has 1 aliphatic rings. The summed E-state index contributed by atoms with van der Waals surface area (Å²) in [6.45, 7) is 4.35. The van der Waals surface area contributed by atoms with Gasteiger partial charge in [-0.15, -0.1) is 18.3 Å². The number of cyclic esters (lactones) is 1. The summed E-state index contributed by atoms with van der Waals surface area (Å²) in [5.74, 6) is 0.579. The summed E-state index contributed by atoms with van der Waals surface area (Å²) >= 11 is 1.65. The number of nitrogens with zero attached hydrogens (tertiary/aromatic N) is 1. The summed E-state index contributed by atoms with van der Waals surface area (Å²) in [5, 5.41) is 0.0232. The molecule has 106 valence electrons. The van der Waals surface area contributed by atoms with E-state index >= 15 is 0 Å². The molecule has 1 aromatic rings. The molecule has 5 heteroatoms. The van der Waals surface area contributed by atoms with Crippen molar-refractivity contribution < 1.29 is 14.3 Å². The average Bonchev–Trinajstić information content (AvgIpc) is 2.90. The van der Waals surface area contributed by atoms with Crippen LogP contribution in [0, 0.1) is 0 Å². The molecule has 0 aliphatic carbocycles. The smallest absolute Gasteiger partial charge is 0.416 e. The molecule has 0 aromatic heterocycles. The van der Waals surface area contributed by atoms with Gasteiger partial charge in [-0.1, -0.05) is 36.4 Å². The number of imide groups is 1. The van der Waals surface area contributed by atoms with Crippen LogP contribution in [0.3, 0.4) is 0 Å². The third-order valence-corrected chi connectivity index (χ3v) is 4.28. The van der Waals surface area contributed by atoms with E-state index in [1.165, 1.54) is 4.90 Å². The summed E-state index contributed by atoms with van der Waals surface area (Å²) in [6.07, 6.45) is 1.57. The second kappa shape index (κ2) is 7.14. The van der Waals surface area contributed by atoms with Gasteiger partial charge in [-0.2, -0.15) is 0 Å². The number of benzene rings is 1. The van der Waals surface area contributed by atoms with Crippen molar-refractivity contribution in [3.63, 3.8) is 0 Å². The van der Waals surface area contributed by atoms with Crippen LogP contribution < -0.4 is 0 Å². The summed E-state index contributed by atoms with van der Waals surface area (Å²) in [7, 11) is 0. The summed E-state index contributed by atoms with van der Waals surface area (Å²) in [6, 6.07) is 9.84. The highest BCUT2D eigenvalue weighted by atomic mass is 32.2. The SMILES string of the molecule is C=CCS[C@H](CC(=O)N1CCOC1=O)c1ccccc1. The van der Waals surface area contributed by atoms with Crippen molar-refractivity contribution in [3.05, 3.63) is 48.6 Å². The van der Waals surface area contributed by atoms with Crippen molar-refractivity contribution in [1.82, 2.24) is 4.90 Å². The topological polar surface area (TPSA) is 46.6 Å². The van der Waals surface area contributed by atoms with Crippen LogP contribution in [0.5, 0.6) is 0 Å². The largest absolute Gasteiger partial charge is 0.447 e. The third kappa shape index (κ3) is 3.63. The quantitative estimate of drug-likeness (QED) is 0.756. The van der Waals surface area contributed by atoms with E-state index in [0.717, 1.165) is 11.3 Å². The molecule has 0 N–H and O–H groups in total. The maximum Gasteiger partial charge on any atom is 0.416 e. The second-order valence-corrected chi connectivity index (χ2v) is 5.62. The van der Waals surface area contributed by atoms with E-state index < -0.39 is 6.09 Å². The monoisotopic (exact) mass is 291 g/mol. The van der Waals surface area contributed by atoms with Gasteiger partial charge in [0.2, 0.25) is 5.91 Å². The van der Waals surface area contributed by atoms with Crippen LogP contribution in [0.25, 0.3) is 0 Å². The molecular formula is C15H17NO3S. The first-order chi connectivity index (χ1) is 9.72. The molecule has 2 amide bonds. The third-order valence-electron chi connectivity index (χ3n) is 3.01. The lowest BCUT2D eigenvalue weighted by molar-refractivity contribution is -0.127. The van der Waals surface area contributed by atoms with Gasteiger partial charge in [-0.25, -0.2) is 9.69 Å². The molecule has 1 aromatic carbocycles. The first-order valence-electron chi connectivity index (χ1n) is 6.47. The lowest BCUT2D eigenvalue weighted by atomic mass is 10.1.